The molecule has 98 valence electrons. The first-order valence-electron chi connectivity index (χ1n) is 6.64. The molecule has 4 nitrogen and oxygen atoms in total. The van der Waals surface area contributed by atoms with Gasteiger partial charge in [-0.1, -0.05) is 24.3 Å². The standard InChI is InChI=1S/C15H18N4/c1-10-5-3-4-6-11(10)15-18-13-7-8-17-9-12(13)14(16-2)19-15/h3-6,17H,7-9H2,1-2H3,(H,16,18,19). The van der Waals surface area contributed by atoms with Crippen molar-refractivity contribution in [3.8, 4) is 11.4 Å². The monoisotopic (exact) mass is 254 g/mol. The average molecular weight is 254 g/mol. The summed E-state index contributed by atoms with van der Waals surface area (Å²) in [4.78, 5) is 9.44. The van der Waals surface area contributed by atoms with Crippen LogP contribution in [0.15, 0.2) is 24.3 Å². The number of hydrogen-bond donors (Lipinski definition) is 2. The molecule has 3 rings (SSSR count). The maximum absolute atomic E-state index is 4.76. The Morgan fingerprint density at radius 1 is 1.21 bits per heavy atom. The summed E-state index contributed by atoms with van der Waals surface area (Å²) in [5, 5.41) is 6.56. The molecule has 0 saturated carbocycles. The Balaban J connectivity index is 2.15. The van der Waals surface area contributed by atoms with Crippen LogP contribution in [0, 0.1) is 6.92 Å². The molecule has 1 aromatic heterocycles. The van der Waals surface area contributed by atoms with Gasteiger partial charge in [-0.15, -0.1) is 0 Å². The van der Waals surface area contributed by atoms with Gasteiger partial charge in [0.05, 0.1) is 5.69 Å². The third-order valence-electron chi connectivity index (χ3n) is 3.56. The van der Waals surface area contributed by atoms with Gasteiger partial charge in [0.15, 0.2) is 5.82 Å². The van der Waals surface area contributed by atoms with Gasteiger partial charge >= 0.3 is 0 Å². The average Bonchev–Trinajstić information content (AvgIpc) is 2.46. The number of anilines is 1. The minimum absolute atomic E-state index is 0.822. The number of fused-ring (bicyclic) bond motifs is 1. The maximum atomic E-state index is 4.76. The summed E-state index contributed by atoms with van der Waals surface area (Å²) in [6.45, 7) is 3.93. The van der Waals surface area contributed by atoms with E-state index in [4.69, 9.17) is 4.98 Å². The predicted octanol–water partition coefficient (Wildman–Crippen LogP) is 2.14. The van der Waals surface area contributed by atoms with Gasteiger partial charge in [-0.25, -0.2) is 9.97 Å². The third-order valence-corrected chi connectivity index (χ3v) is 3.56. The molecule has 4 heteroatoms. The largest absolute Gasteiger partial charge is 0.373 e. The van der Waals surface area contributed by atoms with Crippen LogP contribution in [0.25, 0.3) is 11.4 Å². The van der Waals surface area contributed by atoms with E-state index >= 15 is 0 Å². The molecule has 0 spiro atoms. The quantitative estimate of drug-likeness (QED) is 0.862. The molecule has 1 aliphatic heterocycles. The van der Waals surface area contributed by atoms with Crippen molar-refractivity contribution < 1.29 is 0 Å². The zero-order chi connectivity index (χ0) is 13.2. The maximum Gasteiger partial charge on any atom is 0.162 e. The zero-order valence-electron chi connectivity index (χ0n) is 11.3. The lowest BCUT2D eigenvalue weighted by Crippen LogP contribution is -2.26. The van der Waals surface area contributed by atoms with E-state index in [-0.39, 0.29) is 0 Å². The highest BCUT2D eigenvalue weighted by Crippen LogP contribution is 2.26. The Kier molecular flexibility index (Phi) is 3.17. The lowest BCUT2D eigenvalue weighted by molar-refractivity contribution is 0.628. The molecule has 0 amide bonds. The zero-order valence-corrected chi connectivity index (χ0v) is 11.3. The van der Waals surface area contributed by atoms with Crippen LogP contribution in [-0.4, -0.2) is 23.6 Å². The highest BCUT2D eigenvalue weighted by atomic mass is 15.0. The summed E-state index contributed by atoms with van der Waals surface area (Å²) in [7, 11) is 1.92. The van der Waals surface area contributed by atoms with Gasteiger partial charge in [0.25, 0.3) is 0 Å². The Morgan fingerprint density at radius 2 is 2.05 bits per heavy atom. The number of nitrogens with one attached hydrogen (secondary N) is 2. The fraction of sp³-hybridized carbons (Fsp3) is 0.333. The van der Waals surface area contributed by atoms with Crippen molar-refractivity contribution >= 4 is 5.82 Å². The molecule has 0 bridgehead atoms. The molecule has 0 saturated heterocycles. The molecule has 0 aliphatic carbocycles. The van der Waals surface area contributed by atoms with Crippen molar-refractivity contribution in [2.75, 3.05) is 18.9 Å². The van der Waals surface area contributed by atoms with Crippen LogP contribution in [0.4, 0.5) is 5.82 Å². The second-order valence-electron chi connectivity index (χ2n) is 4.81. The molecule has 0 atom stereocenters. The van der Waals surface area contributed by atoms with E-state index < -0.39 is 0 Å². The van der Waals surface area contributed by atoms with E-state index in [1.54, 1.807) is 0 Å². The molecule has 0 fully saturated rings. The van der Waals surface area contributed by atoms with Gasteiger partial charge in [-0.2, -0.15) is 0 Å². The van der Waals surface area contributed by atoms with Crippen molar-refractivity contribution in [1.82, 2.24) is 15.3 Å². The summed E-state index contributed by atoms with van der Waals surface area (Å²) < 4.78 is 0. The first-order chi connectivity index (χ1) is 9.29. The summed E-state index contributed by atoms with van der Waals surface area (Å²) in [5.41, 5.74) is 4.68. The Hall–Kier alpha value is -1.94. The third kappa shape index (κ3) is 2.19. The molecule has 1 aromatic carbocycles. The van der Waals surface area contributed by atoms with E-state index in [1.807, 2.05) is 19.2 Å². The second kappa shape index (κ2) is 4.97. The predicted molar refractivity (Wildman–Crippen MR) is 77.2 cm³/mol. The number of rotatable bonds is 2. The van der Waals surface area contributed by atoms with Gasteiger partial charge in [0.1, 0.15) is 5.82 Å². The molecule has 1 aliphatic rings. The van der Waals surface area contributed by atoms with Crippen LogP contribution in [0.5, 0.6) is 0 Å². The number of aromatic nitrogens is 2. The van der Waals surface area contributed by atoms with Crippen LogP contribution in [0.3, 0.4) is 0 Å². The van der Waals surface area contributed by atoms with Gasteiger partial charge in [0, 0.05) is 37.7 Å². The topological polar surface area (TPSA) is 49.8 Å². The van der Waals surface area contributed by atoms with E-state index in [1.165, 1.54) is 11.1 Å². The van der Waals surface area contributed by atoms with Crippen LogP contribution in [0.2, 0.25) is 0 Å². The van der Waals surface area contributed by atoms with E-state index in [0.717, 1.165) is 42.4 Å². The van der Waals surface area contributed by atoms with Crippen molar-refractivity contribution in [2.45, 2.75) is 19.9 Å². The minimum atomic E-state index is 0.822. The fourth-order valence-electron chi connectivity index (χ4n) is 2.49. The minimum Gasteiger partial charge on any atom is -0.373 e. The fourth-order valence-corrected chi connectivity index (χ4v) is 2.49. The van der Waals surface area contributed by atoms with Crippen molar-refractivity contribution in [3.05, 3.63) is 41.1 Å². The Morgan fingerprint density at radius 3 is 2.84 bits per heavy atom. The molecule has 2 aromatic rings. The van der Waals surface area contributed by atoms with Crippen LogP contribution in [-0.2, 0) is 13.0 Å². The molecule has 2 heterocycles. The molecule has 19 heavy (non-hydrogen) atoms. The van der Waals surface area contributed by atoms with Gasteiger partial charge < -0.3 is 10.6 Å². The van der Waals surface area contributed by atoms with E-state index in [0.29, 0.717) is 0 Å². The number of aryl methyl sites for hydroxylation is 1. The SMILES string of the molecule is CNc1nc(-c2ccccc2C)nc2c1CNCC2. The highest BCUT2D eigenvalue weighted by molar-refractivity contribution is 5.63. The molecule has 2 N–H and O–H groups in total. The van der Waals surface area contributed by atoms with Crippen molar-refractivity contribution in [3.63, 3.8) is 0 Å². The normalized spacial score (nSPS) is 14.0. The smallest absolute Gasteiger partial charge is 0.162 e. The summed E-state index contributed by atoms with van der Waals surface area (Å²) in [6.07, 6.45) is 0.964. The number of nitrogens with zero attached hydrogens (tertiary/aromatic N) is 2. The lowest BCUT2D eigenvalue weighted by Gasteiger charge is -2.20. The van der Waals surface area contributed by atoms with Crippen molar-refractivity contribution in [1.29, 1.82) is 0 Å². The van der Waals surface area contributed by atoms with Crippen LogP contribution in [0.1, 0.15) is 16.8 Å². The highest BCUT2D eigenvalue weighted by Gasteiger charge is 2.17. The van der Waals surface area contributed by atoms with Gasteiger partial charge in [0.2, 0.25) is 0 Å². The number of benzene rings is 1. The van der Waals surface area contributed by atoms with Crippen molar-refractivity contribution in [2.24, 2.45) is 0 Å². The second-order valence-corrected chi connectivity index (χ2v) is 4.81. The molecular formula is C15H18N4. The molecule has 0 unspecified atom stereocenters. The molecule has 0 radical (unpaired) electrons. The lowest BCUT2D eigenvalue weighted by atomic mass is 10.1. The Bertz CT molecular complexity index is 590. The summed E-state index contributed by atoms with van der Waals surface area (Å²) in [6, 6.07) is 8.25. The summed E-state index contributed by atoms with van der Waals surface area (Å²) >= 11 is 0. The summed E-state index contributed by atoms with van der Waals surface area (Å²) in [5.74, 6) is 1.76. The van der Waals surface area contributed by atoms with E-state index in [2.05, 4.69) is 34.7 Å². The van der Waals surface area contributed by atoms with Crippen LogP contribution < -0.4 is 10.6 Å². The van der Waals surface area contributed by atoms with E-state index in [9.17, 15) is 0 Å². The Labute approximate surface area is 113 Å². The number of hydrogen-bond acceptors (Lipinski definition) is 4. The van der Waals surface area contributed by atoms with Gasteiger partial charge in [-0.05, 0) is 12.5 Å². The van der Waals surface area contributed by atoms with Gasteiger partial charge in [-0.3, -0.25) is 0 Å². The first-order valence-corrected chi connectivity index (χ1v) is 6.64. The molecular weight excluding hydrogens is 236 g/mol. The van der Waals surface area contributed by atoms with Crippen LogP contribution >= 0.6 is 0 Å². The first kappa shape index (κ1) is 12.1.